The summed E-state index contributed by atoms with van der Waals surface area (Å²) in [4.78, 5) is 13.0. The number of aliphatic hydroxyl groups is 1. The van der Waals surface area contributed by atoms with Crippen molar-refractivity contribution in [2.45, 2.75) is 40.2 Å². The molecule has 0 aliphatic rings. The smallest absolute Gasteiger partial charge is 0.293 e. The summed E-state index contributed by atoms with van der Waals surface area (Å²) in [5.74, 6) is 2.21. The van der Waals surface area contributed by atoms with E-state index >= 15 is 0 Å². The Balaban J connectivity index is 1.78. The van der Waals surface area contributed by atoms with E-state index in [1.165, 1.54) is 4.57 Å². The largest absolute Gasteiger partial charge is 0.456 e. The van der Waals surface area contributed by atoms with Crippen LogP contribution in [0, 0.1) is 20.8 Å². The summed E-state index contributed by atoms with van der Waals surface area (Å²) in [5.41, 5.74) is 2.86. The van der Waals surface area contributed by atoms with Crippen molar-refractivity contribution < 1.29 is 18.7 Å². The predicted octanol–water partition coefficient (Wildman–Crippen LogP) is 5.79. The standard InChI is InChI=1S/C28H27N3O5/c1-15-8-7-9-16(2)24(15)35-22-11-10-18(28(4,5)33)12-19(22)21-14-31(6)27(32)25-20(21)13-23(36-25)26-30-29-17(3)34-26/h7-14,33H,1-6H3. The van der Waals surface area contributed by atoms with Gasteiger partial charge in [-0.2, -0.15) is 0 Å². The van der Waals surface area contributed by atoms with Gasteiger partial charge >= 0.3 is 0 Å². The molecule has 0 unspecified atom stereocenters. The molecule has 0 aliphatic heterocycles. The minimum absolute atomic E-state index is 0.160. The lowest BCUT2D eigenvalue weighted by Gasteiger charge is -2.22. The third-order valence-corrected chi connectivity index (χ3v) is 6.19. The maximum atomic E-state index is 13.0. The van der Waals surface area contributed by atoms with Gasteiger partial charge in [-0.05, 0) is 62.6 Å². The van der Waals surface area contributed by atoms with Crippen LogP contribution < -0.4 is 10.3 Å². The SMILES string of the molecule is Cc1nnc(-c2cc3c(-c4cc(C(C)(C)O)ccc4Oc4c(C)cccc4C)cn(C)c(=O)c3o2)o1. The van der Waals surface area contributed by atoms with Gasteiger partial charge in [0.1, 0.15) is 11.5 Å². The lowest BCUT2D eigenvalue weighted by atomic mass is 9.93. The fourth-order valence-corrected chi connectivity index (χ4v) is 4.23. The Bertz CT molecular complexity index is 1650. The van der Waals surface area contributed by atoms with Crippen molar-refractivity contribution in [3.63, 3.8) is 0 Å². The highest BCUT2D eigenvalue weighted by Crippen LogP contribution is 2.41. The highest BCUT2D eigenvalue weighted by molar-refractivity contribution is 5.97. The molecule has 3 heterocycles. The number of rotatable bonds is 5. The molecular formula is C28H27N3O5. The molecule has 8 nitrogen and oxygen atoms in total. The molecule has 36 heavy (non-hydrogen) atoms. The summed E-state index contributed by atoms with van der Waals surface area (Å²) in [5, 5.41) is 19.2. The Morgan fingerprint density at radius 3 is 2.33 bits per heavy atom. The molecule has 8 heteroatoms. The second-order valence-corrected chi connectivity index (χ2v) is 9.53. The van der Waals surface area contributed by atoms with Gasteiger partial charge in [0, 0.05) is 36.7 Å². The lowest BCUT2D eigenvalue weighted by molar-refractivity contribution is 0.0786. The van der Waals surface area contributed by atoms with Crippen molar-refractivity contribution in [3.8, 4) is 34.3 Å². The number of hydrogen-bond acceptors (Lipinski definition) is 7. The molecule has 0 radical (unpaired) electrons. The molecule has 0 saturated heterocycles. The van der Waals surface area contributed by atoms with E-state index in [0.717, 1.165) is 16.9 Å². The zero-order valence-electron chi connectivity index (χ0n) is 21.0. The van der Waals surface area contributed by atoms with E-state index in [1.807, 2.05) is 50.2 Å². The van der Waals surface area contributed by atoms with Crippen LogP contribution in [0.5, 0.6) is 11.5 Å². The van der Waals surface area contributed by atoms with Gasteiger partial charge in [-0.3, -0.25) is 4.79 Å². The van der Waals surface area contributed by atoms with Crippen molar-refractivity contribution in [3.05, 3.63) is 81.6 Å². The minimum Gasteiger partial charge on any atom is -0.456 e. The van der Waals surface area contributed by atoms with E-state index in [2.05, 4.69) is 10.2 Å². The average Bonchev–Trinajstić information content (AvgIpc) is 3.45. The maximum absolute atomic E-state index is 13.0. The third-order valence-electron chi connectivity index (χ3n) is 6.19. The first-order valence-electron chi connectivity index (χ1n) is 11.6. The zero-order valence-corrected chi connectivity index (χ0v) is 21.0. The first-order chi connectivity index (χ1) is 17.0. The Labute approximate surface area is 207 Å². The number of aromatic nitrogens is 3. The third kappa shape index (κ3) is 4.09. The van der Waals surface area contributed by atoms with Gasteiger partial charge < -0.3 is 23.2 Å². The van der Waals surface area contributed by atoms with Crippen molar-refractivity contribution in [2.75, 3.05) is 0 Å². The summed E-state index contributed by atoms with van der Waals surface area (Å²) >= 11 is 0. The molecule has 0 atom stereocenters. The first-order valence-corrected chi connectivity index (χ1v) is 11.6. The van der Waals surface area contributed by atoms with Gasteiger partial charge in [0.25, 0.3) is 11.4 Å². The Morgan fingerprint density at radius 2 is 1.69 bits per heavy atom. The maximum Gasteiger partial charge on any atom is 0.293 e. The highest BCUT2D eigenvalue weighted by atomic mass is 16.5. The zero-order chi connectivity index (χ0) is 25.8. The molecule has 2 aromatic carbocycles. The second kappa shape index (κ2) is 8.49. The van der Waals surface area contributed by atoms with Crippen LogP contribution >= 0.6 is 0 Å². The van der Waals surface area contributed by atoms with Crippen molar-refractivity contribution >= 4 is 11.0 Å². The van der Waals surface area contributed by atoms with Gasteiger partial charge in [-0.25, -0.2) is 0 Å². The minimum atomic E-state index is -1.09. The van der Waals surface area contributed by atoms with Crippen molar-refractivity contribution in [2.24, 2.45) is 7.05 Å². The number of benzene rings is 2. The van der Waals surface area contributed by atoms with Crippen LogP contribution in [0.4, 0.5) is 0 Å². The van der Waals surface area contributed by atoms with Crippen LogP contribution in [0.1, 0.15) is 36.4 Å². The van der Waals surface area contributed by atoms with Gasteiger partial charge in [0.2, 0.25) is 11.5 Å². The van der Waals surface area contributed by atoms with Gasteiger partial charge in [0.05, 0.1) is 5.60 Å². The topological polar surface area (TPSA) is 104 Å². The van der Waals surface area contributed by atoms with Crippen LogP contribution in [-0.2, 0) is 12.6 Å². The molecule has 0 amide bonds. The predicted molar refractivity (Wildman–Crippen MR) is 136 cm³/mol. The number of aryl methyl sites for hydroxylation is 4. The second-order valence-electron chi connectivity index (χ2n) is 9.53. The average molecular weight is 486 g/mol. The molecular weight excluding hydrogens is 458 g/mol. The fourth-order valence-electron chi connectivity index (χ4n) is 4.23. The summed E-state index contributed by atoms with van der Waals surface area (Å²) in [6.45, 7) is 9.12. The molecule has 3 aromatic heterocycles. The van der Waals surface area contributed by atoms with Crippen LogP contribution in [0.3, 0.4) is 0 Å². The van der Waals surface area contributed by atoms with E-state index in [1.54, 1.807) is 40.1 Å². The van der Waals surface area contributed by atoms with E-state index in [4.69, 9.17) is 13.6 Å². The van der Waals surface area contributed by atoms with Crippen molar-refractivity contribution in [1.82, 2.24) is 14.8 Å². The molecule has 0 bridgehead atoms. The monoisotopic (exact) mass is 485 g/mol. The van der Waals surface area contributed by atoms with Gasteiger partial charge in [-0.1, -0.05) is 24.3 Å². The quantitative estimate of drug-likeness (QED) is 0.336. The number of nitrogens with zero attached hydrogens (tertiary/aromatic N) is 3. The van der Waals surface area contributed by atoms with Gasteiger partial charge in [0.15, 0.2) is 5.76 Å². The van der Waals surface area contributed by atoms with Crippen LogP contribution in [0.2, 0.25) is 0 Å². The van der Waals surface area contributed by atoms with Crippen LogP contribution in [0.15, 0.2) is 62.3 Å². The summed E-state index contributed by atoms with van der Waals surface area (Å²) in [7, 11) is 1.66. The van der Waals surface area contributed by atoms with Crippen LogP contribution in [0.25, 0.3) is 33.7 Å². The number of hydrogen-bond donors (Lipinski definition) is 1. The summed E-state index contributed by atoms with van der Waals surface area (Å²) in [6.07, 6.45) is 1.74. The normalized spacial score (nSPS) is 11.9. The number of ether oxygens (including phenoxy) is 1. The van der Waals surface area contributed by atoms with E-state index < -0.39 is 5.60 Å². The van der Waals surface area contributed by atoms with E-state index in [9.17, 15) is 9.90 Å². The molecule has 0 aliphatic carbocycles. The fraction of sp³-hybridized carbons (Fsp3) is 0.250. The molecule has 1 N–H and O–H groups in total. The number of pyridine rings is 1. The molecule has 0 spiro atoms. The van der Waals surface area contributed by atoms with E-state index in [-0.39, 0.29) is 17.0 Å². The molecule has 5 rings (SSSR count). The molecule has 5 aromatic rings. The number of fused-ring (bicyclic) bond motifs is 1. The summed E-state index contributed by atoms with van der Waals surface area (Å²) in [6, 6.07) is 13.3. The number of para-hydroxylation sites is 1. The number of furan rings is 1. The Kier molecular flexibility index (Phi) is 5.56. The van der Waals surface area contributed by atoms with Crippen LogP contribution in [-0.4, -0.2) is 19.9 Å². The summed E-state index contributed by atoms with van der Waals surface area (Å²) < 4.78 is 19.4. The highest BCUT2D eigenvalue weighted by Gasteiger charge is 2.24. The van der Waals surface area contributed by atoms with Gasteiger partial charge in [-0.15, -0.1) is 10.2 Å². The molecule has 184 valence electrons. The van der Waals surface area contributed by atoms with Crippen molar-refractivity contribution in [1.29, 1.82) is 0 Å². The molecule has 0 saturated carbocycles. The van der Waals surface area contributed by atoms with E-state index in [0.29, 0.717) is 39.5 Å². The molecule has 0 fully saturated rings. The first kappa shape index (κ1) is 23.6. The Hall–Kier alpha value is -4.17. The lowest BCUT2D eigenvalue weighted by Crippen LogP contribution is -2.17. The Morgan fingerprint density at radius 1 is 0.972 bits per heavy atom.